The van der Waals surface area contributed by atoms with E-state index in [9.17, 15) is 9.18 Å². The van der Waals surface area contributed by atoms with Crippen molar-refractivity contribution in [2.75, 3.05) is 14.2 Å². The zero-order valence-corrected chi connectivity index (χ0v) is 15.0. The predicted octanol–water partition coefficient (Wildman–Crippen LogP) is 3.11. The van der Waals surface area contributed by atoms with Crippen molar-refractivity contribution in [2.45, 2.75) is 51.1 Å². The number of rotatable bonds is 5. The summed E-state index contributed by atoms with van der Waals surface area (Å²) in [7, 11) is 2.01. The van der Waals surface area contributed by atoms with Crippen LogP contribution in [0.4, 0.5) is 4.39 Å². The van der Waals surface area contributed by atoms with Gasteiger partial charge in [0.25, 0.3) is 0 Å². The van der Waals surface area contributed by atoms with E-state index in [2.05, 4.69) is 0 Å². The molecule has 0 bridgehead atoms. The summed E-state index contributed by atoms with van der Waals surface area (Å²) in [5, 5.41) is 0. The molecule has 0 aliphatic carbocycles. The fraction of sp³-hybridized carbons (Fsp3) is 0.588. The highest BCUT2D eigenvalue weighted by Gasteiger charge is 2.54. The van der Waals surface area contributed by atoms with Crippen LogP contribution in [0.25, 0.3) is 0 Å². The molecule has 0 spiro atoms. The Hall–Kier alpha value is -1.60. The van der Waals surface area contributed by atoms with Crippen LogP contribution in [0.15, 0.2) is 18.2 Å². The molecule has 7 heteroatoms. The summed E-state index contributed by atoms with van der Waals surface area (Å²) in [6.07, 6.45) is -0.0451. The number of hydrogen-bond acceptors (Lipinski definition) is 5. The summed E-state index contributed by atoms with van der Waals surface area (Å²) < 4.78 is 36.3. The van der Waals surface area contributed by atoms with E-state index in [-0.39, 0.29) is 6.42 Å². The summed E-state index contributed by atoms with van der Waals surface area (Å²) in [5.41, 5.74) is -0.816. The highest BCUT2D eigenvalue weighted by molar-refractivity contribution is 6.48. The van der Waals surface area contributed by atoms with Gasteiger partial charge in [0.2, 0.25) is 0 Å². The minimum absolute atomic E-state index is 0.0451. The SMILES string of the molecule is COC(=O)CC(B1OC(C)(C)C(C)(C)O1)c1ccc(OC)cc1F. The maximum Gasteiger partial charge on any atom is 0.466 e. The molecule has 1 aromatic carbocycles. The Balaban J connectivity index is 2.38. The van der Waals surface area contributed by atoms with Gasteiger partial charge in [0.1, 0.15) is 11.6 Å². The summed E-state index contributed by atoms with van der Waals surface area (Å²) in [5.74, 6) is -1.14. The minimum atomic E-state index is -0.753. The Morgan fingerprint density at radius 1 is 1.21 bits per heavy atom. The van der Waals surface area contributed by atoms with Crippen molar-refractivity contribution in [3.05, 3.63) is 29.6 Å². The van der Waals surface area contributed by atoms with Gasteiger partial charge in [-0.05, 0) is 39.3 Å². The largest absolute Gasteiger partial charge is 0.497 e. The van der Waals surface area contributed by atoms with Crippen LogP contribution in [0.5, 0.6) is 5.75 Å². The molecule has 5 nitrogen and oxygen atoms in total. The Bertz CT molecular complexity index is 601. The van der Waals surface area contributed by atoms with Crippen LogP contribution in [-0.4, -0.2) is 38.5 Å². The van der Waals surface area contributed by atoms with E-state index in [0.717, 1.165) is 0 Å². The minimum Gasteiger partial charge on any atom is -0.497 e. The third-order valence-electron chi connectivity index (χ3n) is 4.82. The molecule has 0 saturated carbocycles. The molecule has 24 heavy (non-hydrogen) atoms. The molecule has 1 fully saturated rings. The third-order valence-corrected chi connectivity index (χ3v) is 4.82. The lowest BCUT2D eigenvalue weighted by molar-refractivity contribution is -0.140. The van der Waals surface area contributed by atoms with E-state index in [1.807, 2.05) is 27.7 Å². The van der Waals surface area contributed by atoms with Gasteiger partial charge in [-0.15, -0.1) is 0 Å². The Kier molecular flexibility index (Phi) is 5.25. The molecule has 0 radical (unpaired) electrons. The van der Waals surface area contributed by atoms with Gasteiger partial charge in [0.05, 0.1) is 31.8 Å². The highest BCUT2D eigenvalue weighted by Crippen LogP contribution is 2.42. The molecule has 1 aliphatic heterocycles. The van der Waals surface area contributed by atoms with Crippen molar-refractivity contribution >= 4 is 13.1 Å². The molecule has 1 aromatic rings. The normalized spacial score (nSPS) is 19.9. The molecular weight excluding hydrogens is 314 g/mol. The maximum absolute atomic E-state index is 14.5. The monoisotopic (exact) mass is 338 g/mol. The van der Waals surface area contributed by atoms with Crippen molar-refractivity contribution < 1.29 is 28.0 Å². The van der Waals surface area contributed by atoms with Gasteiger partial charge in [-0.3, -0.25) is 4.79 Å². The average Bonchev–Trinajstić information content (AvgIpc) is 2.72. The van der Waals surface area contributed by atoms with Gasteiger partial charge in [-0.1, -0.05) is 6.07 Å². The van der Waals surface area contributed by atoms with Gasteiger partial charge in [0.15, 0.2) is 0 Å². The number of carbonyl (C=O) groups is 1. The second kappa shape index (κ2) is 6.72. The second-order valence-electron chi connectivity index (χ2n) is 6.90. The summed E-state index contributed by atoms with van der Waals surface area (Å²) in [4.78, 5) is 11.8. The highest BCUT2D eigenvalue weighted by atomic mass is 19.1. The van der Waals surface area contributed by atoms with Crippen molar-refractivity contribution in [1.29, 1.82) is 0 Å². The van der Waals surface area contributed by atoms with Crippen LogP contribution >= 0.6 is 0 Å². The average molecular weight is 338 g/mol. The summed E-state index contributed by atoms with van der Waals surface area (Å²) in [6, 6.07) is 4.52. The van der Waals surface area contributed by atoms with Crippen LogP contribution < -0.4 is 4.74 Å². The molecule has 2 rings (SSSR count). The Morgan fingerprint density at radius 3 is 2.25 bits per heavy atom. The predicted molar refractivity (Wildman–Crippen MR) is 88.4 cm³/mol. The van der Waals surface area contributed by atoms with Gasteiger partial charge >= 0.3 is 13.1 Å². The lowest BCUT2D eigenvalue weighted by atomic mass is 9.66. The molecule has 1 heterocycles. The molecule has 1 saturated heterocycles. The zero-order chi connectivity index (χ0) is 18.1. The smallest absolute Gasteiger partial charge is 0.466 e. The molecule has 1 atom stereocenters. The number of methoxy groups -OCH3 is 2. The van der Waals surface area contributed by atoms with Crippen molar-refractivity contribution in [3.8, 4) is 5.75 Å². The van der Waals surface area contributed by atoms with E-state index in [0.29, 0.717) is 11.3 Å². The van der Waals surface area contributed by atoms with E-state index in [1.165, 1.54) is 20.3 Å². The first-order chi connectivity index (χ1) is 11.1. The van der Waals surface area contributed by atoms with Gasteiger partial charge in [0, 0.05) is 11.9 Å². The second-order valence-corrected chi connectivity index (χ2v) is 6.90. The third kappa shape index (κ3) is 3.57. The number of carbonyl (C=O) groups excluding carboxylic acids is 1. The number of ether oxygens (including phenoxy) is 2. The maximum atomic E-state index is 14.5. The molecule has 132 valence electrons. The van der Waals surface area contributed by atoms with Gasteiger partial charge in [-0.25, -0.2) is 4.39 Å². The zero-order valence-electron chi connectivity index (χ0n) is 15.0. The van der Waals surface area contributed by atoms with Crippen LogP contribution in [-0.2, 0) is 18.8 Å². The van der Waals surface area contributed by atoms with Crippen LogP contribution in [0.3, 0.4) is 0 Å². The van der Waals surface area contributed by atoms with Crippen molar-refractivity contribution in [1.82, 2.24) is 0 Å². The first-order valence-corrected chi connectivity index (χ1v) is 7.87. The van der Waals surface area contributed by atoms with Gasteiger partial charge < -0.3 is 18.8 Å². The first kappa shape index (κ1) is 18.7. The lowest BCUT2D eigenvalue weighted by Gasteiger charge is -2.32. The van der Waals surface area contributed by atoms with E-state index in [1.54, 1.807) is 12.1 Å². The van der Waals surface area contributed by atoms with Crippen LogP contribution in [0, 0.1) is 5.82 Å². The molecule has 0 amide bonds. The quantitative estimate of drug-likeness (QED) is 0.610. The Morgan fingerprint density at radius 2 is 1.79 bits per heavy atom. The molecule has 0 aromatic heterocycles. The number of halogens is 1. The van der Waals surface area contributed by atoms with Crippen LogP contribution in [0.1, 0.15) is 45.5 Å². The molecule has 1 aliphatic rings. The van der Waals surface area contributed by atoms with Crippen molar-refractivity contribution in [2.24, 2.45) is 0 Å². The standard InChI is InChI=1S/C17H24BFO5/c1-16(2)17(3,4)24-18(23-16)13(10-15(20)22-6)12-8-7-11(21-5)9-14(12)19/h7-9,13H,10H2,1-6H3. The van der Waals surface area contributed by atoms with Gasteiger partial charge in [-0.2, -0.15) is 0 Å². The van der Waals surface area contributed by atoms with E-state index in [4.69, 9.17) is 18.8 Å². The fourth-order valence-electron chi connectivity index (χ4n) is 2.60. The number of benzene rings is 1. The lowest BCUT2D eigenvalue weighted by Crippen LogP contribution is -2.41. The summed E-state index contributed by atoms with van der Waals surface area (Å²) >= 11 is 0. The fourth-order valence-corrected chi connectivity index (χ4v) is 2.60. The number of esters is 1. The molecule has 0 N–H and O–H groups in total. The molecule has 1 unspecified atom stereocenters. The van der Waals surface area contributed by atoms with Crippen LogP contribution in [0.2, 0.25) is 0 Å². The Labute approximate surface area is 142 Å². The van der Waals surface area contributed by atoms with E-state index < -0.39 is 35.9 Å². The molecular formula is C17H24BFO5. The van der Waals surface area contributed by atoms with E-state index >= 15 is 0 Å². The number of hydrogen-bond donors (Lipinski definition) is 0. The van der Waals surface area contributed by atoms with Crippen molar-refractivity contribution in [3.63, 3.8) is 0 Å². The first-order valence-electron chi connectivity index (χ1n) is 7.87. The topological polar surface area (TPSA) is 54.0 Å². The summed E-state index contributed by atoms with van der Waals surface area (Å²) in [6.45, 7) is 7.64.